The molecule has 1 saturated heterocycles. The fourth-order valence-corrected chi connectivity index (χ4v) is 2.29. The molecule has 0 bridgehead atoms. The molecule has 1 aliphatic rings. The summed E-state index contributed by atoms with van der Waals surface area (Å²) in [6.07, 6.45) is 3.40. The minimum atomic E-state index is -0.480. The summed E-state index contributed by atoms with van der Waals surface area (Å²) in [5.74, 6) is 0.351. The van der Waals surface area contributed by atoms with Gasteiger partial charge in [0.15, 0.2) is 0 Å². The molecule has 2 heterocycles. The van der Waals surface area contributed by atoms with Crippen molar-refractivity contribution in [3.63, 3.8) is 0 Å². The summed E-state index contributed by atoms with van der Waals surface area (Å²) in [7, 11) is 1.88. The van der Waals surface area contributed by atoms with Crippen molar-refractivity contribution in [1.82, 2.24) is 10.3 Å². The number of nitrogens with zero attached hydrogens (tertiary/aromatic N) is 4. The Labute approximate surface area is 111 Å². The Kier molecular flexibility index (Phi) is 3.92. The van der Waals surface area contributed by atoms with Gasteiger partial charge in [-0.1, -0.05) is 0 Å². The van der Waals surface area contributed by atoms with Crippen molar-refractivity contribution >= 4 is 11.5 Å². The van der Waals surface area contributed by atoms with E-state index in [1.807, 2.05) is 18.0 Å². The standard InChI is InChI=1S/C12H15N5O2/c1-14-10-3-2-4-16(8-10)12-11(17(18)19)5-9(6-13)7-15-12/h5,7,10,14H,2-4,8H2,1H3. The van der Waals surface area contributed by atoms with Gasteiger partial charge >= 0.3 is 5.69 Å². The van der Waals surface area contributed by atoms with Crippen LogP contribution in [0.25, 0.3) is 0 Å². The fourth-order valence-electron chi connectivity index (χ4n) is 2.29. The number of rotatable bonds is 3. The topological polar surface area (TPSA) is 95.1 Å². The second-order valence-electron chi connectivity index (χ2n) is 4.51. The van der Waals surface area contributed by atoms with Crippen molar-refractivity contribution < 1.29 is 4.92 Å². The zero-order valence-corrected chi connectivity index (χ0v) is 10.7. The largest absolute Gasteiger partial charge is 0.349 e. The third kappa shape index (κ3) is 2.80. The summed E-state index contributed by atoms with van der Waals surface area (Å²) in [6.45, 7) is 1.44. The van der Waals surface area contributed by atoms with Gasteiger partial charge in [0.2, 0.25) is 5.82 Å². The first kappa shape index (κ1) is 13.2. The van der Waals surface area contributed by atoms with E-state index >= 15 is 0 Å². The molecule has 7 heteroatoms. The van der Waals surface area contributed by atoms with Gasteiger partial charge in [0.05, 0.1) is 10.5 Å². The van der Waals surface area contributed by atoms with Crippen LogP contribution >= 0.6 is 0 Å². The molecule has 1 fully saturated rings. The van der Waals surface area contributed by atoms with E-state index in [0.717, 1.165) is 19.4 Å². The maximum Gasteiger partial charge on any atom is 0.312 e. The second-order valence-corrected chi connectivity index (χ2v) is 4.51. The predicted octanol–water partition coefficient (Wildman–Crippen LogP) is 1.05. The molecule has 1 N–H and O–H groups in total. The molecule has 1 atom stereocenters. The molecule has 1 aromatic heterocycles. The molecule has 1 aliphatic heterocycles. The molecule has 2 rings (SSSR count). The third-order valence-electron chi connectivity index (χ3n) is 3.30. The van der Waals surface area contributed by atoms with E-state index in [4.69, 9.17) is 5.26 Å². The van der Waals surface area contributed by atoms with Gasteiger partial charge in [-0.05, 0) is 19.9 Å². The lowest BCUT2D eigenvalue weighted by molar-refractivity contribution is -0.384. The van der Waals surface area contributed by atoms with Crippen LogP contribution in [0.3, 0.4) is 0 Å². The van der Waals surface area contributed by atoms with E-state index in [1.54, 1.807) is 0 Å². The number of piperidine rings is 1. The van der Waals surface area contributed by atoms with Gasteiger partial charge in [-0.25, -0.2) is 4.98 Å². The molecule has 1 unspecified atom stereocenters. The van der Waals surface area contributed by atoms with Crippen LogP contribution < -0.4 is 10.2 Å². The average Bonchev–Trinajstić information content (AvgIpc) is 2.46. The molecule has 1 aromatic rings. The molecule has 0 aromatic carbocycles. The SMILES string of the molecule is CNC1CCCN(c2ncc(C#N)cc2[N+](=O)[O-])C1. The van der Waals surface area contributed by atoms with Crippen molar-refractivity contribution in [3.05, 3.63) is 27.9 Å². The van der Waals surface area contributed by atoms with Crippen LogP contribution in [0.4, 0.5) is 11.5 Å². The number of pyridine rings is 1. The quantitative estimate of drug-likeness (QED) is 0.645. The molecule has 0 saturated carbocycles. The number of hydrogen-bond acceptors (Lipinski definition) is 6. The van der Waals surface area contributed by atoms with Crippen molar-refractivity contribution in [3.8, 4) is 6.07 Å². The van der Waals surface area contributed by atoms with Gasteiger partial charge in [-0.15, -0.1) is 0 Å². The van der Waals surface area contributed by atoms with Crippen molar-refractivity contribution in [2.75, 3.05) is 25.0 Å². The van der Waals surface area contributed by atoms with Crippen LogP contribution in [0.2, 0.25) is 0 Å². The molecule has 0 amide bonds. The Morgan fingerprint density at radius 2 is 2.47 bits per heavy atom. The minimum Gasteiger partial charge on any atom is -0.349 e. The Hall–Kier alpha value is -2.20. The number of hydrogen-bond donors (Lipinski definition) is 1. The Morgan fingerprint density at radius 1 is 1.68 bits per heavy atom. The molecule has 0 spiro atoms. The lowest BCUT2D eigenvalue weighted by atomic mass is 10.1. The first-order chi connectivity index (χ1) is 9.15. The van der Waals surface area contributed by atoms with E-state index < -0.39 is 4.92 Å². The van der Waals surface area contributed by atoms with Crippen LogP contribution in [0.5, 0.6) is 0 Å². The van der Waals surface area contributed by atoms with E-state index in [-0.39, 0.29) is 11.3 Å². The Bertz CT molecular complexity index is 525. The average molecular weight is 261 g/mol. The summed E-state index contributed by atoms with van der Waals surface area (Å²) in [4.78, 5) is 16.6. The van der Waals surface area contributed by atoms with Crippen molar-refractivity contribution in [2.24, 2.45) is 0 Å². The highest BCUT2D eigenvalue weighted by Gasteiger charge is 2.26. The lowest BCUT2D eigenvalue weighted by Gasteiger charge is -2.32. The Balaban J connectivity index is 2.33. The highest BCUT2D eigenvalue weighted by molar-refractivity contribution is 5.60. The summed E-state index contributed by atoms with van der Waals surface area (Å²) in [5.41, 5.74) is 0.105. The minimum absolute atomic E-state index is 0.101. The zero-order chi connectivity index (χ0) is 13.8. The first-order valence-corrected chi connectivity index (χ1v) is 6.12. The number of nitrogens with one attached hydrogen (secondary N) is 1. The summed E-state index contributed by atoms with van der Waals surface area (Å²) < 4.78 is 0. The van der Waals surface area contributed by atoms with Gasteiger partial charge in [0.25, 0.3) is 0 Å². The molecular formula is C12H15N5O2. The van der Waals surface area contributed by atoms with E-state index in [2.05, 4.69) is 10.3 Å². The molecular weight excluding hydrogens is 246 g/mol. The number of nitro groups is 1. The summed E-state index contributed by atoms with van der Waals surface area (Å²) in [5, 5.41) is 23.1. The fraction of sp³-hybridized carbons (Fsp3) is 0.500. The molecule has 0 radical (unpaired) electrons. The summed E-state index contributed by atoms with van der Waals surface area (Å²) in [6, 6.07) is 3.47. The van der Waals surface area contributed by atoms with Gasteiger partial charge in [0.1, 0.15) is 6.07 Å². The maximum absolute atomic E-state index is 11.1. The Morgan fingerprint density at radius 3 is 3.11 bits per heavy atom. The van der Waals surface area contributed by atoms with Gasteiger partial charge in [-0.3, -0.25) is 10.1 Å². The van der Waals surface area contributed by atoms with Gasteiger partial charge in [-0.2, -0.15) is 5.26 Å². The smallest absolute Gasteiger partial charge is 0.312 e. The van der Waals surface area contributed by atoms with Crippen LogP contribution in [0, 0.1) is 21.4 Å². The third-order valence-corrected chi connectivity index (χ3v) is 3.30. The van der Waals surface area contributed by atoms with Crippen LogP contribution in [-0.4, -0.2) is 36.1 Å². The maximum atomic E-state index is 11.1. The van der Waals surface area contributed by atoms with Gasteiger partial charge in [0, 0.05) is 31.4 Å². The molecule has 0 aliphatic carbocycles. The second kappa shape index (κ2) is 5.63. The van der Waals surface area contributed by atoms with Crippen LogP contribution in [0.1, 0.15) is 18.4 Å². The number of anilines is 1. The van der Waals surface area contributed by atoms with Crippen LogP contribution in [-0.2, 0) is 0 Å². The highest BCUT2D eigenvalue weighted by atomic mass is 16.6. The summed E-state index contributed by atoms with van der Waals surface area (Å²) >= 11 is 0. The van der Waals surface area contributed by atoms with Gasteiger partial charge < -0.3 is 10.2 Å². The van der Waals surface area contributed by atoms with Crippen LogP contribution in [0.15, 0.2) is 12.3 Å². The van der Waals surface area contributed by atoms with E-state index in [1.165, 1.54) is 12.3 Å². The number of likely N-dealkylation sites (N-methyl/N-ethyl adjacent to an activating group) is 1. The van der Waals surface area contributed by atoms with Crippen molar-refractivity contribution in [2.45, 2.75) is 18.9 Å². The first-order valence-electron chi connectivity index (χ1n) is 6.12. The van der Waals surface area contributed by atoms with E-state index in [9.17, 15) is 10.1 Å². The molecule has 7 nitrogen and oxygen atoms in total. The number of nitriles is 1. The monoisotopic (exact) mass is 261 g/mol. The zero-order valence-electron chi connectivity index (χ0n) is 10.7. The molecule has 100 valence electrons. The van der Waals surface area contributed by atoms with E-state index in [0.29, 0.717) is 18.4 Å². The molecule has 19 heavy (non-hydrogen) atoms. The number of aromatic nitrogens is 1. The lowest BCUT2D eigenvalue weighted by Crippen LogP contribution is -2.44. The predicted molar refractivity (Wildman–Crippen MR) is 69.9 cm³/mol. The highest BCUT2D eigenvalue weighted by Crippen LogP contribution is 2.28. The van der Waals surface area contributed by atoms with Crippen molar-refractivity contribution in [1.29, 1.82) is 5.26 Å². The normalized spacial score (nSPS) is 18.9.